The van der Waals surface area contributed by atoms with E-state index in [1.807, 2.05) is 26.8 Å². The first kappa shape index (κ1) is 20.7. The fourth-order valence-electron chi connectivity index (χ4n) is 2.30. The van der Waals surface area contributed by atoms with Gasteiger partial charge in [0, 0.05) is 26.7 Å². The van der Waals surface area contributed by atoms with Gasteiger partial charge in [-0.25, -0.2) is 4.79 Å². The van der Waals surface area contributed by atoms with Crippen LogP contribution >= 0.6 is 0 Å². The zero-order valence-electron chi connectivity index (χ0n) is 15.6. The molecule has 1 heterocycles. The molecule has 1 aliphatic rings. The van der Waals surface area contributed by atoms with E-state index in [1.165, 1.54) is 16.5 Å². The van der Waals surface area contributed by atoms with Gasteiger partial charge in [-0.2, -0.15) is 0 Å². The third-order valence-corrected chi connectivity index (χ3v) is 3.65. The third-order valence-electron chi connectivity index (χ3n) is 3.65. The molecule has 0 bridgehead atoms. The van der Waals surface area contributed by atoms with E-state index in [9.17, 15) is 14.4 Å². The van der Waals surface area contributed by atoms with E-state index in [-0.39, 0.29) is 24.5 Å². The minimum Gasteiger partial charge on any atom is -0.444 e. The SMILES string of the molecule is C=CC(=O)N(C)CC(=O)NCCC1=CCN(C(=O)OC(C)(C)C)CC1. The lowest BCUT2D eigenvalue weighted by atomic mass is 10.1. The van der Waals surface area contributed by atoms with E-state index in [1.54, 1.807) is 11.9 Å². The summed E-state index contributed by atoms with van der Waals surface area (Å²) in [6.07, 6.45) is 4.38. The Balaban J connectivity index is 2.31. The van der Waals surface area contributed by atoms with Gasteiger partial charge in [0.25, 0.3) is 0 Å². The number of nitrogens with zero attached hydrogens (tertiary/aromatic N) is 2. The Bertz CT molecular complexity index is 549. The van der Waals surface area contributed by atoms with Crippen LogP contribution in [0.15, 0.2) is 24.3 Å². The maximum Gasteiger partial charge on any atom is 0.410 e. The van der Waals surface area contributed by atoms with Crippen molar-refractivity contribution in [1.82, 2.24) is 15.1 Å². The van der Waals surface area contributed by atoms with Crippen LogP contribution in [0.4, 0.5) is 4.79 Å². The normalized spacial score (nSPS) is 14.4. The average Bonchev–Trinajstić information content (AvgIpc) is 2.52. The zero-order chi connectivity index (χ0) is 19.0. The molecule has 140 valence electrons. The van der Waals surface area contributed by atoms with Crippen LogP contribution in [0.3, 0.4) is 0 Å². The summed E-state index contributed by atoms with van der Waals surface area (Å²) in [4.78, 5) is 38.0. The van der Waals surface area contributed by atoms with E-state index >= 15 is 0 Å². The summed E-state index contributed by atoms with van der Waals surface area (Å²) in [5, 5.41) is 2.79. The van der Waals surface area contributed by atoms with Crippen LogP contribution < -0.4 is 5.32 Å². The molecule has 0 radical (unpaired) electrons. The molecule has 0 unspecified atom stereocenters. The Morgan fingerprint density at radius 1 is 1.40 bits per heavy atom. The van der Waals surface area contributed by atoms with Crippen molar-refractivity contribution in [3.8, 4) is 0 Å². The summed E-state index contributed by atoms with van der Waals surface area (Å²) < 4.78 is 5.35. The second-order valence-corrected chi connectivity index (χ2v) is 7.04. The summed E-state index contributed by atoms with van der Waals surface area (Å²) in [6, 6.07) is 0. The van der Waals surface area contributed by atoms with Crippen molar-refractivity contribution in [2.75, 3.05) is 33.2 Å². The molecule has 0 aliphatic carbocycles. The van der Waals surface area contributed by atoms with Gasteiger partial charge in [-0.1, -0.05) is 18.2 Å². The highest BCUT2D eigenvalue weighted by molar-refractivity contribution is 5.90. The molecule has 0 atom stereocenters. The molecule has 7 nitrogen and oxygen atoms in total. The quantitative estimate of drug-likeness (QED) is 0.584. The number of nitrogens with one attached hydrogen (secondary N) is 1. The van der Waals surface area contributed by atoms with Gasteiger partial charge >= 0.3 is 6.09 Å². The monoisotopic (exact) mass is 351 g/mol. The maximum atomic E-state index is 12.0. The summed E-state index contributed by atoms with van der Waals surface area (Å²) in [7, 11) is 1.55. The zero-order valence-corrected chi connectivity index (χ0v) is 15.6. The van der Waals surface area contributed by atoms with Crippen LogP contribution in [-0.2, 0) is 14.3 Å². The second-order valence-electron chi connectivity index (χ2n) is 7.04. The van der Waals surface area contributed by atoms with E-state index < -0.39 is 5.60 Å². The lowest BCUT2D eigenvalue weighted by Gasteiger charge is -2.29. The minimum absolute atomic E-state index is 0.0102. The van der Waals surface area contributed by atoms with Crippen LogP contribution in [0.5, 0.6) is 0 Å². The number of rotatable bonds is 6. The van der Waals surface area contributed by atoms with Gasteiger partial charge in [0.15, 0.2) is 0 Å². The standard InChI is InChI=1S/C18H29N3O4/c1-6-16(23)20(5)13-15(22)19-10-7-14-8-11-21(12-9-14)17(24)25-18(2,3)4/h6,8H,1,7,9-13H2,2-5H3,(H,19,22). The van der Waals surface area contributed by atoms with Crippen molar-refractivity contribution >= 4 is 17.9 Å². The smallest absolute Gasteiger partial charge is 0.410 e. The van der Waals surface area contributed by atoms with Crippen LogP contribution in [0, 0.1) is 0 Å². The number of ether oxygens (including phenoxy) is 1. The molecule has 0 saturated heterocycles. The molecular formula is C18H29N3O4. The molecule has 0 aromatic carbocycles. The highest BCUT2D eigenvalue weighted by Crippen LogP contribution is 2.17. The van der Waals surface area contributed by atoms with Crippen LogP contribution in [0.2, 0.25) is 0 Å². The van der Waals surface area contributed by atoms with E-state index in [4.69, 9.17) is 4.74 Å². The number of amides is 3. The molecule has 0 fully saturated rings. The maximum absolute atomic E-state index is 12.0. The molecule has 0 spiro atoms. The largest absolute Gasteiger partial charge is 0.444 e. The summed E-state index contributed by atoms with van der Waals surface area (Å²) >= 11 is 0. The number of carbonyl (C=O) groups excluding carboxylic acids is 3. The number of hydrogen-bond acceptors (Lipinski definition) is 4. The molecular weight excluding hydrogens is 322 g/mol. The lowest BCUT2D eigenvalue weighted by Crippen LogP contribution is -2.40. The van der Waals surface area contributed by atoms with Crippen molar-refractivity contribution in [2.45, 2.75) is 39.2 Å². The number of hydrogen-bond donors (Lipinski definition) is 1. The first-order valence-corrected chi connectivity index (χ1v) is 8.42. The molecule has 25 heavy (non-hydrogen) atoms. The van der Waals surface area contributed by atoms with Gasteiger partial charge < -0.3 is 19.9 Å². The van der Waals surface area contributed by atoms with Crippen molar-refractivity contribution in [1.29, 1.82) is 0 Å². The fourth-order valence-corrected chi connectivity index (χ4v) is 2.30. The molecule has 3 amide bonds. The summed E-state index contributed by atoms with van der Waals surface area (Å²) in [5.41, 5.74) is 0.710. The molecule has 0 aromatic rings. The van der Waals surface area contributed by atoms with Crippen molar-refractivity contribution in [2.24, 2.45) is 0 Å². The predicted molar refractivity (Wildman–Crippen MR) is 96.0 cm³/mol. The Labute approximate surface area is 149 Å². The van der Waals surface area contributed by atoms with Gasteiger partial charge in [0.1, 0.15) is 5.60 Å². The number of likely N-dealkylation sites (N-methyl/N-ethyl adjacent to an activating group) is 1. The summed E-state index contributed by atoms with van der Waals surface area (Å²) in [6.45, 7) is 10.6. The van der Waals surface area contributed by atoms with Crippen molar-refractivity contribution in [3.63, 3.8) is 0 Å². The Morgan fingerprint density at radius 2 is 2.08 bits per heavy atom. The molecule has 1 aliphatic heterocycles. The Kier molecular flexibility index (Phi) is 7.67. The van der Waals surface area contributed by atoms with Gasteiger partial charge in [-0.3, -0.25) is 9.59 Å². The average molecular weight is 351 g/mol. The molecule has 7 heteroatoms. The Morgan fingerprint density at radius 3 is 2.60 bits per heavy atom. The molecule has 1 rings (SSSR count). The van der Waals surface area contributed by atoms with Crippen LogP contribution in [-0.4, -0.2) is 66.5 Å². The van der Waals surface area contributed by atoms with E-state index in [0.717, 1.165) is 12.8 Å². The first-order chi connectivity index (χ1) is 11.6. The topological polar surface area (TPSA) is 79.0 Å². The third kappa shape index (κ3) is 7.87. The van der Waals surface area contributed by atoms with Crippen LogP contribution in [0.1, 0.15) is 33.6 Å². The van der Waals surface area contributed by atoms with Gasteiger partial charge in [0.2, 0.25) is 11.8 Å². The van der Waals surface area contributed by atoms with Crippen molar-refractivity contribution in [3.05, 3.63) is 24.3 Å². The highest BCUT2D eigenvalue weighted by Gasteiger charge is 2.23. The van der Waals surface area contributed by atoms with E-state index in [2.05, 4.69) is 11.9 Å². The second kappa shape index (κ2) is 9.25. The first-order valence-electron chi connectivity index (χ1n) is 8.42. The van der Waals surface area contributed by atoms with E-state index in [0.29, 0.717) is 19.6 Å². The Hall–Kier alpha value is -2.31. The lowest BCUT2D eigenvalue weighted by molar-refractivity contribution is -0.131. The van der Waals surface area contributed by atoms with Gasteiger partial charge in [0.05, 0.1) is 6.54 Å². The van der Waals surface area contributed by atoms with Gasteiger partial charge in [-0.05, 0) is 39.7 Å². The highest BCUT2D eigenvalue weighted by atomic mass is 16.6. The molecule has 0 saturated carbocycles. The molecule has 1 N–H and O–H groups in total. The minimum atomic E-state index is -0.495. The predicted octanol–water partition coefficient (Wildman–Crippen LogP) is 1.70. The summed E-state index contributed by atoms with van der Waals surface area (Å²) in [5.74, 6) is -0.489. The van der Waals surface area contributed by atoms with Gasteiger partial charge in [-0.15, -0.1) is 0 Å². The molecule has 0 aromatic heterocycles. The number of carbonyl (C=O) groups is 3. The fraction of sp³-hybridized carbons (Fsp3) is 0.611. The van der Waals surface area contributed by atoms with Crippen LogP contribution in [0.25, 0.3) is 0 Å². The van der Waals surface area contributed by atoms with Crippen molar-refractivity contribution < 1.29 is 19.1 Å².